The molecule has 0 spiro atoms. The van der Waals surface area contributed by atoms with E-state index in [1.807, 2.05) is 0 Å². The third kappa shape index (κ3) is 8.83. The summed E-state index contributed by atoms with van der Waals surface area (Å²) < 4.78 is 11.0. The van der Waals surface area contributed by atoms with Gasteiger partial charge in [-0.25, -0.2) is 0 Å². The highest BCUT2D eigenvalue weighted by atomic mass is 16.5. The Balaban J connectivity index is 1.88. The lowest BCUT2D eigenvalue weighted by atomic mass is 10.2. The summed E-state index contributed by atoms with van der Waals surface area (Å²) >= 11 is 0. The maximum Gasteiger partial charge on any atom is 0.188 e. The minimum Gasteiger partial charge on any atom is -0.377 e. The summed E-state index contributed by atoms with van der Waals surface area (Å²) in [6.07, 6.45) is 7.45. The van der Waals surface area contributed by atoms with Gasteiger partial charge < -0.3 is 20.5 Å². The van der Waals surface area contributed by atoms with Crippen molar-refractivity contribution in [3.8, 4) is 0 Å². The minimum atomic E-state index is 0.296. The first-order valence-electron chi connectivity index (χ1n) is 7.56. The third-order valence-corrected chi connectivity index (χ3v) is 3.17. The Labute approximate surface area is 116 Å². The molecule has 1 rings (SSSR count). The maximum absolute atomic E-state index is 5.75. The van der Waals surface area contributed by atoms with Crippen molar-refractivity contribution >= 4 is 5.96 Å². The molecule has 0 aromatic rings. The predicted molar refractivity (Wildman–Crippen MR) is 78.4 cm³/mol. The summed E-state index contributed by atoms with van der Waals surface area (Å²) in [5.74, 6) is 0.525. The van der Waals surface area contributed by atoms with Crippen LogP contribution in [0.2, 0.25) is 0 Å². The molecule has 1 atom stereocenters. The molecule has 112 valence electrons. The van der Waals surface area contributed by atoms with E-state index < -0.39 is 0 Å². The smallest absolute Gasteiger partial charge is 0.188 e. The molecule has 0 bridgehead atoms. The van der Waals surface area contributed by atoms with Crippen LogP contribution >= 0.6 is 0 Å². The van der Waals surface area contributed by atoms with Crippen molar-refractivity contribution < 1.29 is 9.47 Å². The van der Waals surface area contributed by atoms with Gasteiger partial charge >= 0.3 is 0 Å². The van der Waals surface area contributed by atoms with Crippen molar-refractivity contribution in [3.63, 3.8) is 0 Å². The molecular formula is C14H29N3O2. The van der Waals surface area contributed by atoms with Gasteiger partial charge in [0, 0.05) is 19.7 Å². The first-order valence-corrected chi connectivity index (χ1v) is 7.56. The zero-order valence-electron chi connectivity index (χ0n) is 12.2. The van der Waals surface area contributed by atoms with E-state index in [1.165, 1.54) is 19.3 Å². The largest absolute Gasteiger partial charge is 0.377 e. The number of hydrogen-bond donors (Lipinski definition) is 2. The molecule has 1 aliphatic rings. The van der Waals surface area contributed by atoms with Crippen molar-refractivity contribution in [2.45, 2.75) is 51.6 Å². The van der Waals surface area contributed by atoms with Crippen LogP contribution in [0.15, 0.2) is 4.99 Å². The van der Waals surface area contributed by atoms with E-state index in [0.29, 0.717) is 31.8 Å². The molecule has 0 aromatic heterocycles. The monoisotopic (exact) mass is 271 g/mol. The molecule has 0 saturated carbocycles. The number of aliphatic imine (C=N–C) groups is 1. The molecule has 5 nitrogen and oxygen atoms in total. The summed E-state index contributed by atoms with van der Waals surface area (Å²) in [6, 6.07) is 0. The van der Waals surface area contributed by atoms with Crippen LogP contribution < -0.4 is 11.1 Å². The van der Waals surface area contributed by atoms with E-state index in [1.54, 1.807) is 0 Å². The summed E-state index contributed by atoms with van der Waals surface area (Å²) in [4.78, 5) is 4.27. The number of ether oxygens (including phenoxy) is 2. The molecule has 0 amide bonds. The molecular weight excluding hydrogens is 242 g/mol. The second kappa shape index (κ2) is 11.1. The first-order chi connectivity index (χ1) is 9.33. The van der Waals surface area contributed by atoms with Crippen LogP contribution in [0, 0.1) is 0 Å². The molecule has 5 heteroatoms. The lowest BCUT2D eigenvalue weighted by Gasteiger charge is -2.10. The molecule has 19 heavy (non-hydrogen) atoms. The normalized spacial score (nSPS) is 19.8. The fraction of sp³-hybridized carbons (Fsp3) is 0.929. The highest BCUT2D eigenvalue weighted by Crippen LogP contribution is 2.11. The molecule has 3 N–H and O–H groups in total. The Bertz CT molecular complexity index is 241. The van der Waals surface area contributed by atoms with Crippen molar-refractivity contribution in [1.82, 2.24) is 5.32 Å². The van der Waals surface area contributed by atoms with Gasteiger partial charge in [0.1, 0.15) is 0 Å². The Hall–Kier alpha value is -0.810. The molecule has 1 heterocycles. The lowest BCUT2D eigenvalue weighted by Crippen LogP contribution is -2.34. The Morgan fingerprint density at radius 1 is 1.42 bits per heavy atom. The molecule has 1 saturated heterocycles. The summed E-state index contributed by atoms with van der Waals surface area (Å²) in [5, 5.41) is 3.06. The average molecular weight is 271 g/mol. The SMILES string of the molecule is CCCCCCN=C(N)NCCOCC1CCCO1. The third-order valence-electron chi connectivity index (χ3n) is 3.17. The lowest BCUT2D eigenvalue weighted by molar-refractivity contribution is 0.0191. The number of hydrogen-bond acceptors (Lipinski definition) is 3. The molecule has 1 unspecified atom stereocenters. The average Bonchev–Trinajstić information content (AvgIpc) is 2.91. The fourth-order valence-electron chi connectivity index (χ4n) is 2.04. The van der Waals surface area contributed by atoms with Gasteiger partial charge in [-0.3, -0.25) is 4.99 Å². The van der Waals surface area contributed by atoms with E-state index in [4.69, 9.17) is 15.2 Å². The van der Waals surface area contributed by atoms with Crippen LogP contribution in [0.3, 0.4) is 0 Å². The number of nitrogens with two attached hydrogens (primary N) is 1. The van der Waals surface area contributed by atoms with Crippen LogP contribution in [-0.4, -0.2) is 45.0 Å². The van der Waals surface area contributed by atoms with Crippen LogP contribution in [0.25, 0.3) is 0 Å². The highest BCUT2D eigenvalue weighted by molar-refractivity contribution is 5.77. The Kier molecular flexibility index (Phi) is 9.45. The molecule has 1 aliphatic heterocycles. The van der Waals surface area contributed by atoms with Crippen LogP contribution in [0.5, 0.6) is 0 Å². The van der Waals surface area contributed by atoms with Crippen molar-refractivity contribution in [2.75, 3.05) is 32.9 Å². The fourth-order valence-corrected chi connectivity index (χ4v) is 2.04. The minimum absolute atomic E-state index is 0.296. The summed E-state index contributed by atoms with van der Waals surface area (Å²) in [7, 11) is 0. The van der Waals surface area contributed by atoms with Gasteiger partial charge in [-0.15, -0.1) is 0 Å². The molecule has 1 fully saturated rings. The van der Waals surface area contributed by atoms with E-state index in [-0.39, 0.29) is 0 Å². The number of rotatable bonds is 10. The zero-order chi connectivity index (χ0) is 13.8. The van der Waals surface area contributed by atoms with Gasteiger partial charge in [0.25, 0.3) is 0 Å². The van der Waals surface area contributed by atoms with Gasteiger partial charge in [0.15, 0.2) is 5.96 Å². The Morgan fingerprint density at radius 3 is 3.05 bits per heavy atom. The van der Waals surface area contributed by atoms with E-state index in [2.05, 4.69) is 17.2 Å². The summed E-state index contributed by atoms with van der Waals surface area (Å²) in [6.45, 7) is 5.94. The second-order valence-electron chi connectivity index (χ2n) is 4.96. The van der Waals surface area contributed by atoms with Crippen molar-refractivity contribution in [1.29, 1.82) is 0 Å². The van der Waals surface area contributed by atoms with Gasteiger partial charge in [0.05, 0.1) is 19.3 Å². The van der Waals surface area contributed by atoms with Crippen molar-refractivity contribution in [3.05, 3.63) is 0 Å². The number of nitrogens with zero attached hydrogens (tertiary/aromatic N) is 1. The number of unbranched alkanes of at least 4 members (excludes halogenated alkanes) is 3. The number of nitrogens with one attached hydrogen (secondary N) is 1. The highest BCUT2D eigenvalue weighted by Gasteiger charge is 2.14. The van der Waals surface area contributed by atoms with Gasteiger partial charge in [-0.05, 0) is 19.3 Å². The standard InChI is InChI=1S/C14H29N3O2/c1-2-3-4-5-8-16-14(15)17-9-11-18-12-13-7-6-10-19-13/h13H,2-12H2,1H3,(H3,15,16,17). The van der Waals surface area contributed by atoms with Gasteiger partial charge in [0.2, 0.25) is 0 Å². The topological polar surface area (TPSA) is 68.9 Å². The van der Waals surface area contributed by atoms with Gasteiger partial charge in [-0.1, -0.05) is 26.2 Å². The molecule has 0 radical (unpaired) electrons. The van der Waals surface area contributed by atoms with E-state index in [0.717, 1.165) is 32.4 Å². The van der Waals surface area contributed by atoms with E-state index in [9.17, 15) is 0 Å². The number of guanidine groups is 1. The van der Waals surface area contributed by atoms with Crippen molar-refractivity contribution in [2.24, 2.45) is 10.7 Å². The molecule has 0 aromatic carbocycles. The predicted octanol–water partition coefficient (Wildman–Crippen LogP) is 1.67. The van der Waals surface area contributed by atoms with Gasteiger partial charge in [-0.2, -0.15) is 0 Å². The quantitative estimate of drug-likeness (QED) is 0.360. The second-order valence-corrected chi connectivity index (χ2v) is 4.96. The van der Waals surface area contributed by atoms with Crippen LogP contribution in [0.1, 0.15) is 45.4 Å². The Morgan fingerprint density at radius 2 is 2.32 bits per heavy atom. The van der Waals surface area contributed by atoms with Crippen LogP contribution in [0.4, 0.5) is 0 Å². The first kappa shape index (κ1) is 16.2. The van der Waals surface area contributed by atoms with Crippen LogP contribution in [-0.2, 0) is 9.47 Å². The zero-order valence-corrected chi connectivity index (χ0v) is 12.2. The molecule has 0 aliphatic carbocycles. The van der Waals surface area contributed by atoms with E-state index >= 15 is 0 Å². The maximum atomic E-state index is 5.75. The summed E-state index contributed by atoms with van der Waals surface area (Å²) in [5.41, 5.74) is 5.75.